The Hall–Kier alpha value is -1.27. The fourth-order valence-electron chi connectivity index (χ4n) is 1.73. The van der Waals surface area contributed by atoms with E-state index in [4.69, 9.17) is 0 Å². The van der Waals surface area contributed by atoms with E-state index in [1.54, 1.807) is 12.1 Å². The summed E-state index contributed by atoms with van der Waals surface area (Å²) in [5, 5.41) is 13.7. The summed E-state index contributed by atoms with van der Waals surface area (Å²) in [4.78, 5) is 10.7. The monoisotopic (exact) mass is 284 g/mol. The Bertz CT molecular complexity index is 466. The van der Waals surface area contributed by atoms with Gasteiger partial charge in [-0.3, -0.25) is 14.3 Å². The number of hydrogen-bond donors (Lipinski definition) is 1. The fraction of sp³-hybridized carbons (Fsp3) is 0.538. The maximum atomic E-state index is 12.2. The maximum Gasteiger partial charge on any atom is 0.269 e. The minimum absolute atomic E-state index is 0.00515. The van der Waals surface area contributed by atoms with Gasteiger partial charge < -0.3 is 5.32 Å². The summed E-state index contributed by atoms with van der Waals surface area (Å²) in [6.45, 7) is 6.25. The number of nitrogens with one attached hydrogen (secondary N) is 1. The van der Waals surface area contributed by atoms with E-state index in [9.17, 15) is 14.3 Å². The molecule has 0 aliphatic rings. The Morgan fingerprint density at radius 1 is 1.32 bits per heavy atom. The third-order valence-electron chi connectivity index (χ3n) is 3.02. The summed E-state index contributed by atoms with van der Waals surface area (Å²) in [5.74, 6) is 0.484. The lowest BCUT2D eigenvalue weighted by molar-refractivity contribution is -0.384. The van der Waals surface area contributed by atoms with Gasteiger partial charge in [0, 0.05) is 28.8 Å². The molecule has 5 nitrogen and oxygen atoms in total. The van der Waals surface area contributed by atoms with Gasteiger partial charge in [0.1, 0.15) is 0 Å². The Morgan fingerprint density at radius 3 is 2.21 bits per heavy atom. The molecule has 0 spiro atoms. The van der Waals surface area contributed by atoms with E-state index in [1.807, 2.05) is 7.05 Å². The molecule has 1 N–H and O–H groups in total. The van der Waals surface area contributed by atoms with Crippen LogP contribution in [0.3, 0.4) is 0 Å². The Labute approximate surface area is 116 Å². The van der Waals surface area contributed by atoms with Crippen molar-refractivity contribution in [3.8, 4) is 0 Å². The number of hydrogen-bond acceptors (Lipinski definition) is 4. The molecule has 106 valence electrons. The number of benzene rings is 1. The van der Waals surface area contributed by atoms with Gasteiger partial charge in [-0.1, -0.05) is 20.8 Å². The molecule has 6 heteroatoms. The molecule has 2 unspecified atom stereocenters. The highest BCUT2D eigenvalue weighted by Gasteiger charge is 2.25. The van der Waals surface area contributed by atoms with Gasteiger partial charge in [0.05, 0.1) is 15.7 Å². The van der Waals surface area contributed by atoms with Crippen molar-refractivity contribution in [1.82, 2.24) is 5.32 Å². The average molecular weight is 284 g/mol. The molecule has 1 rings (SSSR count). The van der Waals surface area contributed by atoms with Gasteiger partial charge in [0.15, 0.2) is 0 Å². The highest BCUT2D eigenvalue weighted by atomic mass is 32.2. The average Bonchev–Trinajstić information content (AvgIpc) is 2.34. The first kappa shape index (κ1) is 15.8. The molecule has 19 heavy (non-hydrogen) atoms. The molecule has 0 bridgehead atoms. The number of nitro groups is 1. The lowest BCUT2D eigenvalue weighted by Crippen LogP contribution is -2.42. The molecular weight excluding hydrogens is 264 g/mol. The first-order valence-electron chi connectivity index (χ1n) is 6.06. The van der Waals surface area contributed by atoms with Crippen LogP contribution in [-0.4, -0.2) is 28.0 Å². The number of non-ortho nitro benzene ring substituents is 1. The molecule has 0 saturated carbocycles. The van der Waals surface area contributed by atoms with Crippen LogP contribution in [0.2, 0.25) is 0 Å². The molecule has 0 heterocycles. The quantitative estimate of drug-likeness (QED) is 0.665. The second-order valence-electron chi connectivity index (χ2n) is 5.47. The summed E-state index contributed by atoms with van der Waals surface area (Å²) in [7, 11) is 0.684. The van der Waals surface area contributed by atoms with E-state index in [0.717, 1.165) is 0 Å². The van der Waals surface area contributed by atoms with Crippen LogP contribution >= 0.6 is 0 Å². The summed E-state index contributed by atoms with van der Waals surface area (Å²) in [6.07, 6.45) is 0. The van der Waals surface area contributed by atoms with Crippen LogP contribution in [0.25, 0.3) is 0 Å². The molecule has 0 radical (unpaired) electrons. The van der Waals surface area contributed by atoms with Crippen LogP contribution in [0, 0.1) is 15.5 Å². The molecule has 0 saturated heterocycles. The van der Waals surface area contributed by atoms with E-state index in [-0.39, 0.29) is 17.1 Å². The topological polar surface area (TPSA) is 72.2 Å². The zero-order valence-electron chi connectivity index (χ0n) is 11.7. The second kappa shape index (κ2) is 6.25. The predicted molar refractivity (Wildman–Crippen MR) is 76.7 cm³/mol. The van der Waals surface area contributed by atoms with E-state index in [2.05, 4.69) is 26.1 Å². The first-order valence-corrected chi connectivity index (χ1v) is 7.37. The van der Waals surface area contributed by atoms with Crippen LogP contribution < -0.4 is 5.32 Å². The van der Waals surface area contributed by atoms with Crippen molar-refractivity contribution >= 4 is 16.5 Å². The van der Waals surface area contributed by atoms with E-state index >= 15 is 0 Å². The highest BCUT2D eigenvalue weighted by Crippen LogP contribution is 2.22. The third kappa shape index (κ3) is 4.40. The van der Waals surface area contributed by atoms with E-state index in [1.165, 1.54) is 12.1 Å². The maximum absolute atomic E-state index is 12.2. The smallest absolute Gasteiger partial charge is 0.269 e. The summed E-state index contributed by atoms with van der Waals surface area (Å²) >= 11 is 0. The minimum atomic E-state index is -1.17. The van der Waals surface area contributed by atoms with Crippen LogP contribution in [0.1, 0.15) is 20.8 Å². The van der Waals surface area contributed by atoms with Crippen molar-refractivity contribution in [1.29, 1.82) is 0 Å². The van der Waals surface area contributed by atoms with Gasteiger partial charge in [0.25, 0.3) is 5.69 Å². The Balaban J connectivity index is 2.80. The molecule has 1 aromatic rings. The van der Waals surface area contributed by atoms with Gasteiger partial charge in [-0.25, -0.2) is 0 Å². The lowest BCUT2D eigenvalue weighted by atomic mass is 9.88. The van der Waals surface area contributed by atoms with Gasteiger partial charge in [-0.05, 0) is 24.6 Å². The Morgan fingerprint density at radius 2 is 1.84 bits per heavy atom. The van der Waals surface area contributed by atoms with Gasteiger partial charge in [-0.2, -0.15) is 0 Å². The largest absolute Gasteiger partial charge is 0.316 e. The fourth-order valence-corrected chi connectivity index (χ4v) is 3.34. The zero-order chi connectivity index (χ0) is 14.6. The predicted octanol–water partition coefficient (Wildman–Crippen LogP) is 2.34. The van der Waals surface area contributed by atoms with Crippen molar-refractivity contribution in [2.24, 2.45) is 5.41 Å². The molecule has 1 aromatic carbocycles. The number of nitrogens with zero attached hydrogens (tertiary/aromatic N) is 1. The summed E-state index contributed by atoms with van der Waals surface area (Å²) < 4.78 is 12.2. The SMILES string of the molecule is CNC(CS(=O)c1ccc([N+](=O)[O-])cc1)C(C)(C)C. The second-order valence-corrected chi connectivity index (χ2v) is 6.97. The molecule has 0 aromatic heterocycles. The minimum Gasteiger partial charge on any atom is -0.316 e. The normalized spacial score (nSPS) is 14.9. The molecular formula is C13H20N2O3S. The van der Waals surface area contributed by atoms with Gasteiger partial charge in [-0.15, -0.1) is 0 Å². The Kier molecular flexibility index (Phi) is 5.20. The van der Waals surface area contributed by atoms with Crippen LogP contribution in [0.15, 0.2) is 29.2 Å². The number of nitro benzene ring substituents is 1. The first-order chi connectivity index (χ1) is 8.75. The molecule has 0 amide bonds. The third-order valence-corrected chi connectivity index (χ3v) is 4.46. The highest BCUT2D eigenvalue weighted by molar-refractivity contribution is 7.85. The summed E-state index contributed by atoms with van der Waals surface area (Å²) in [6, 6.07) is 6.01. The van der Waals surface area contributed by atoms with Crippen LogP contribution in [0.4, 0.5) is 5.69 Å². The van der Waals surface area contributed by atoms with Crippen LogP contribution in [-0.2, 0) is 10.8 Å². The zero-order valence-corrected chi connectivity index (χ0v) is 12.5. The van der Waals surface area contributed by atoms with E-state index in [0.29, 0.717) is 10.6 Å². The standard InChI is InChI=1S/C13H20N2O3S/c1-13(2,3)12(14-4)9-19(18)11-7-5-10(6-8-11)15(16)17/h5-8,12,14H,9H2,1-4H3. The molecule has 0 fully saturated rings. The van der Waals surface area contributed by atoms with Crippen molar-refractivity contribution in [3.05, 3.63) is 34.4 Å². The lowest BCUT2D eigenvalue weighted by Gasteiger charge is -2.29. The van der Waals surface area contributed by atoms with Gasteiger partial charge in [0.2, 0.25) is 0 Å². The number of rotatable bonds is 5. The van der Waals surface area contributed by atoms with Crippen molar-refractivity contribution in [2.75, 3.05) is 12.8 Å². The van der Waals surface area contributed by atoms with Crippen molar-refractivity contribution in [3.63, 3.8) is 0 Å². The summed E-state index contributed by atoms with van der Waals surface area (Å²) in [5.41, 5.74) is 0.0206. The van der Waals surface area contributed by atoms with E-state index < -0.39 is 15.7 Å². The van der Waals surface area contributed by atoms with Crippen molar-refractivity contribution < 1.29 is 9.13 Å². The molecule has 2 atom stereocenters. The molecule has 0 aliphatic carbocycles. The molecule has 0 aliphatic heterocycles. The van der Waals surface area contributed by atoms with Gasteiger partial charge >= 0.3 is 0 Å². The van der Waals surface area contributed by atoms with Crippen LogP contribution in [0.5, 0.6) is 0 Å². The van der Waals surface area contributed by atoms with Crippen molar-refractivity contribution in [2.45, 2.75) is 31.7 Å².